The van der Waals surface area contributed by atoms with E-state index < -0.39 is 0 Å². The van der Waals surface area contributed by atoms with Gasteiger partial charge in [0.05, 0.1) is 0 Å². The van der Waals surface area contributed by atoms with Crippen LogP contribution < -0.4 is 10.6 Å². The van der Waals surface area contributed by atoms with Crippen LogP contribution in [0.25, 0.3) is 0 Å². The smallest absolute Gasteiger partial charge is 0.140 e. The number of amidine groups is 1. The third-order valence-electron chi connectivity index (χ3n) is 2.67. The van der Waals surface area contributed by atoms with Crippen molar-refractivity contribution in [3.8, 4) is 0 Å². The van der Waals surface area contributed by atoms with E-state index in [1.807, 2.05) is 13.0 Å². The number of oxime groups is 1. The molecule has 1 aromatic rings. The lowest BCUT2D eigenvalue weighted by molar-refractivity contribution is 0.317. The zero-order valence-electron chi connectivity index (χ0n) is 11.6. The zero-order valence-corrected chi connectivity index (χ0v) is 13.2. The molecule has 1 heterocycles. The van der Waals surface area contributed by atoms with Crippen molar-refractivity contribution < 1.29 is 5.21 Å². The minimum absolute atomic E-state index is 0.239. The van der Waals surface area contributed by atoms with E-state index in [-0.39, 0.29) is 5.84 Å². The summed E-state index contributed by atoms with van der Waals surface area (Å²) in [5, 5.41) is 11.6. The molecule has 6 heteroatoms. The van der Waals surface area contributed by atoms with Gasteiger partial charge < -0.3 is 15.8 Å². The fraction of sp³-hybridized carbons (Fsp3) is 0.538. The Morgan fingerprint density at radius 2 is 2.26 bits per heavy atom. The molecule has 0 fully saturated rings. The van der Waals surface area contributed by atoms with Crippen LogP contribution in [0.2, 0.25) is 0 Å². The summed E-state index contributed by atoms with van der Waals surface area (Å²) < 4.78 is 0.967. The van der Waals surface area contributed by atoms with E-state index in [2.05, 4.69) is 44.8 Å². The Morgan fingerprint density at radius 3 is 2.79 bits per heavy atom. The summed E-state index contributed by atoms with van der Waals surface area (Å²) in [6.07, 6.45) is 2.31. The lowest BCUT2D eigenvalue weighted by atomic mass is 10.1. The van der Waals surface area contributed by atoms with E-state index >= 15 is 0 Å². The Balaban J connectivity index is 2.89. The lowest BCUT2D eigenvalue weighted by Gasteiger charge is -2.27. The molecule has 5 nitrogen and oxygen atoms in total. The van der Waals surface area contributed by atoms with Crippen LogP contribution in [-0.2, 0) is 0 Å². The highest BCUT2D eigenvalue weighted by atomic mass is 79.9. The van der Waals surface area contributed by atoms with Crippen molar-refractivity contribution in [3.63, 3.8) is 0 Å². The zero-order chi connectivity index (χ0) is 14.4. The summed E-state index contributed by atoms with van der Waals surface area (Å²) >= 11 is 3.42. The summed E-state index contributed by atoms with van der Waals surface area (Å²) in [6, 6.07) is 2.04. The van der Waals surface area contributed by atoms with Crippen LogP contribution >= 0.6 is 15.9 Å². The molecule has 0 saturated heterocycles. The largest absolute Gasteiger partial charge is 0.409 e. The first-order chi connectivity index (χ1) is 8.93. The van der Waals surface area contributed by atoms with Gasteiger partial charge in [0.2, 0.25) is 0 Å². The molecule has 0 bridgehead atoms. The number of aromatic nitrogens is 1. The van der Waals surface area contributed by atoms with E-state index in [4.69, 9.17) is 10.9 Å². The Kier molecular flexibility index (Phi) is 6.08. The molecular formula is C13H21BrN4O. The number of nitrogens with two attached hydrogens (primary N) is 1. The Bertz CT molecular complexity index is 448. The van der Waals surface area contributed by atoms with Crippen LogP contribution in [0.15, 0.2) is 21.9 Å². The number of hydrogen-bond donors (Lipinski definition) is 2. The van der Waals surface area contributed by atoms with Crippen LogP contribution in [0.5, 0.6) is 0 Å². The monoisotopic (exact) mass is 328 g/mol. The van der Waals surface area contributed by atoms with Crippen molar-refractivity contribution in [2.45, 2.75) is 27.2 Å². The average molecular weight is 329 g/mol. The summed E-state index contributed by atoms with van der Waals surface area (Å²) in [7, 11) is 0. The van der Waals surface area contributed by atoms with Crippen molar-refractivity contribution >= 4 is 27.6 Å². The second-order valence-electron chi connectivity index (χ2n) is 4.98. The van der Waals surface area contributed by atoms with Crippen molar-refractivity contribution in [1.29, 1.82) is 0 Å². The molecule has 0 unspecified atom stereocenters. The first-order valence-corrected chi connectivity index (χ1v) is 7.06. The highest BCUT2D eigenvalue weighted by Crippen LogP contribution is 2.21. The van der Waals surface area contributed by atoms with Gasteiger partial charge >= 0.3 is 0 Å². The highest BCUT2D eigenvalue weighted by molar-refractivity contribution is 9.10. The van der Waals surface area contributed by atoms with Crippen LogP contribution in [0, 0.1) is 12.8 Å². The number of pyridine rings is 1. The maximum Gasteiger partial charge on any atom is 0.140 e. The predicted octanol–water partition coefficient (Wildman–Crippen LogP) is 2.75. The molecule has 0 aliphatic carbocycles. The molecule has 0 atom stereocenters. The number of halogens is 1. The standard InChI is InChI=1S/C13H21BrN4O/c1-9(2)8-18(5-4-12(15)17-19)13-10(3)6-11(14)7-16-13/h6-7,9,19H,4-5,8H2,1-3H3,(H2,15,17). The van der Waals surface area contributed by atoms with Crippen LogP contribution in [0.4, 0.5) is 5.82 Å². The molecule has 0 saturated carbocycles. The SMILES string of the molecule is Cc1cc(Br)cnc1N(CCC(N)=NO)CC(C)C. The average Bonchev–Trinajstić information content (AvgIpc) is 2.34. The van der Waals surface area contributed by atoms with Gasteiger partial charge in [-0.25, -0.2) is 4.98 Å². The quantitative estimate of drug-likeness (QED) is 0.364. The van der Waals surface area contributed by atoms with Gasteiger partial charge in [0.15, 0.2) is 0 Å². The number of aryl methyl sites for hydroxylation is 1. The van der Waals surface area contributed by atoms with Crippen molar-refractivity contribution in [2.24, 2.45) is 16.8 Å². The third-order valence-corrected chi connectivity index (χ3v) is 3.10. The number of hydrogen-bond acceptors (Lipinski definition) is 4. The molecular weight excluding hydrogens is 308 g/mol. The van der Waals surface area contributed by atoms with Crippen molar-refractivity contribution in [2.75, 3.05) is 18.0 Å². The maximum absolute atomic E-state index is 8.61. The Labute approximate surface area is 122 Å². The van der Waals surface area contributed by atoms with E-state index in [1.165, 1.54) is 0 Å². The number of anilines is 1. The summed E-state index contributed by atoms with van der Waals surface area (Å²) in [5.41, 5.74) is 6.64. The normalized spacial score (nSPS) is 11.9. The number of nitrogens with zero attached hydrogens (tertiary/aromatic N) is 3. The van der Waals surface area contributed by atoms with E-state index in [0.717, 1.165) is 22.4 Å². The van der Waals surface area contributed by atoms with Gasteiger partial charge in [-0.2, -0.15) is 0 Å². The molecule has 1 rings (SSSR count). The molecule has 0 spiro atoms. The second-order valence-corrected chi connectivity index (χ2v) is 5.89. The van der Waals surface area contributed by atoms with E-state index in [0.29, 0.717) is 18.9 Å². The van der Waals surface area contributed by atoms with Crippen LogP contribution in [0.3, 0.4) is 0 Å². The van der Waals surface area contributed by atoms with Gasteiger partial charge in [0, 0.05) is 30.2 Å². The summed E-state index contributed by atoms with van der Waals surface area (Å²) in [4.78, 5) is 6.64. The summed E-state index contributed by atoms with van der Waals surface area (Å²) in [5.74, 6) is 1.70. The first-order valence-electron chi connectivity index (χ1n) is 6.27. The van der Waals surface area contributed by atoms with Gasteiger partial charge in [-0.15, -0.1) is 0 Å². The Hall–Kier alpha value is -1.30. The highest BCUT2D eigenvalue weighted by Gasteiger charge is 2.13. The topological polar surface area (TPSA) is 74.7 Å². The van der Waals surface area contributed by atoms with Gasteiger partial charge in [0.1, 0.15) is 11.7 Å². The van der Waals surface area contributed by atoms with Crippen molar-refractivity contribution in [1.82, 2.24) is 4.98 Å². The molecule has 1 aromatic heterocycles. The molecule has 0 radical (unpaired) electrons. The lowest BCUT2D eigenvalue weighted by Crippen LogP contribution is -2.32. The van der Waals surface area contributed by atoms with E-state index in [1.54, 1.807) is 6.20 Å². The molecule has 0 aliphatic heterocycles. The minimum Gasteiger partial charge on any atom is -0.409 e. The van der Waals surface area contributed by atoms with Crippen LogP contribution in [-0.4, -0.2) is 29.1 Å². The van der Waals surface area contributed by atoms with Gasteiger partial charge in [-0.05, 0) is 40.4 Å². The summed E-state index contributed by atoms with van der Waals surface area (Å²) in [6.45, 7) is 7.91. The fourth-order valence-corrected chi connectivity index (χ4v) is 2.33. The predicted molar refractivity (Wildman–Crippen MR) is 81.8 cm³/mol. The maximum atomic E-state index is 8.61. The van der Waals surface area contributed by atoms with Crippen LogP contribution in [0.1, 0.15) is 25.8 Å². The molecule has 3 N–H and O–H groups in total. The number of rotatable bonds is 6. The Morgan fingerprint density at radius 1 is 1.58 bits per heavy atom. The molecule has 106 valence electrons. The van der Waals surface area contributed by atoms with E-state index in [9.17, 15) is 0 Å². The molecule has 0 amide bonds. The second kappa shape index (κ2) is 7.33. The van der Waals surface area contributed by atoms with Crippen molar-refractivity contribution in [3.05, 3.63) is 22.3 Å². The van der Waals surface area contributed by atoms with Gasteiger partial charge in [-0.1, -0.05) is 19.0 Å². The molecule has 0 aliphatic rings. The molecule has 0 aromatic carbocycles. The fourth-order valence-electron chi connectivity index (χ4n) is 1.89. The van der Waals surface area contributed by atoms with Gasteiger partial charge in [0.25, 0.3) is 0 Å². The molecule has 19 heavy (non-hydrogen) atoms. The van der Waals surface area contributed by atoms with Gasteiger partial charge in [-0.3, -0.25) is 0 Å². The third kappa shape index (κ3) is 5.06. The minimum atomic E-state index is 0.239. The first kappa shape index (κ1) is 15.8.